The van der Waals surface area contributed by atoms with E-state index in [2.05, 4.69) is 89.6 Å². The van der Waals surface area contributed by atoms with Gasteiger partial charge in [-0.05, 0) is 88.0 Å². The molecule has 0 aliphatic carbocycles. The number of hydrogen-bond acceptors (Lipinski definition) is 1. The summed E-state index contributed by atoms with van der Waals surface area (Å²) >= 11 is 2.35. The SMILES string of the molecule is C=C(CC(c1ccc(I)cc1)c1ccccc1C)c1ccncc1. The molecule has 2 heteroatoms. The van der Waals surface area contributed by atoms with E-state index in [0.717, 1.165) is 17.6 Å². The molecule has 1 unspecified atom stereocenters. The largest absolute Gasteiger partial charge is 0.265 e. The van der Waals surface area contributed by atoms with Gasteiger partial charge in [0, 0.05) is 21.9 Å². The fourth-order valence-corrected chi connectivity index (χ4v) is 3.39. The molecule has 1 aromatic heterocycles. The van der Waals surface area contributed by atoms with Crippen molar-refractivity contribution in [2.75, 3.05) is 0 Å². The number of halogens is 1. The van der Waals surface area contributed by atoms with Crippen molar-refractivity contribution in [3.8, 4) is 0 Å². The number of hydrogen-bond donors (Lipinski definition) is 0. The van der Waals surface area contributed by atoms with E-state index in [4.69, 9.17) is 0 Å². The Morgan fingerprint density at radius 1 is 1.00 bits per heavy atom. The van der Waals surface area contributed by atoms with E-state index in [1.54, 1.807) is 0 Å². The molecule has 3 rings (SSSR count). The van der Waals surface area contributed by atoms with E-state index >= 15 is 0 Å². The Balaban J connectivity index is 1.98. The van der Waals surface area contributed by atoms with Crippen LogP contribution in [0, 0.1) is 10.5 Å². The highest BCUT2D eigenvalue weighted by atomic mass is 127. The van der Waals surface area contributed by atoms with Gasteiger partial charge in [-0.1, -0.05) is 43.0 Å². The van der Waals surface area contributed by atoms with Crippen LogP contribution in [0.1, 0.15) is 34.6 Å². The number of benzene rings is 2. The number of rotatable bonds is 5. The first-order valence-electron chi connectivity index (χ1n) is 8.04. The molecule has 120 valence electrons. The molecule has 0 radical (unpaired) electrons. The number of nitrogens with zero attached hydrogens (tertiary/aromatic N) is 1. The average Bonchev–Trinajstić information content (AvgIpc) is 2.62. The lowest BCUT2D eigenvalue weighted by Crippen LogP contribution is -2.04. The minimum atomic E-state index is 0.309. The van der Waals surface area contributed by atoms with E-state index in [1.165, 1.54) is 20.3 Å². The van der Waals surface area contributed by atoms with Crippen molar-refractivity contribution in [3.63, 3.8) is 0 Å². The molecule has 0 saturated carbocycles. The fourth-order valence-electron chi connectivity index (χ4n) is 3.03. The first-order chi connectivity index (χ1) is 11.6. The van der Waals surface area contributed by atoms with Crippen LogP contribution >= 0.6 is 22.6 Å². The second-order valence-corrected chi connectivity index (χ2v) is 7.25. The summed E-state index contributed by atoms with van der Waals surface area (Å²) in [7, 11) is 0. The Labute approximate surface area is 157 Å². The highest BCUT2D eigenvalue weighted by Crippen LogP contribution is 2.35. The van der Waals surface area contributed by atoms with Crippen molar-refractivity contribution in [2.24, 2.45) is 0 Å². The lowest BCUT2D eigenvalue weighted by Gasteiger charge is -2.21. The Bertz CT molecular complexity index is 822. The predicted octanol–water partition coefficient (Wildman–Crippen LogP) is 6.23. The minimum absolute atomic E-state index is 0.309. The van der Waals surface area contributed by atoms with Gasteiger partial charge in [-0.25, -0.2) is 0 Å². The summed E-state index contributed by atoms with van der Waals surface area (Å²) in [4.78, 5) is 4.11. The smallest absolute Gasteiger partial charge is 0.0273 e. The van der Waals surface area contributed by atoms with Crippen LogP contribution in [0.3, 0.4) is 0 Å². The zero-order valence-electron chi connectivity index (χ0n) is 13.7. The second-order valence-electron chi connectivity index (χ2n) is 6.00. The first kappa shape index (κ1) is 16.9. The third-order valence-corrected chi connectivity index (χ3v) is 5.09. The van der Waals surface area contributed by atoms with Crippen molar-refractivity contribution < 1.29 is 0 Å². The molecule has 24 heavy (non-hydrogen) atoms. The zero-order valence-corrected chi connectivity index (χ0v) is 15.9. The summed E-state index contributed by atoms with van der Waals surface area (Å²) in [6, 6.07) is 21.5. The maximum Gasteiger partial charge on any atom is 0.0273 e. The summed E-state index contributed by atoms with van der Waals surface area (Å²) in [5.74, 6) is 0.309. The molecule has 0 N–H and O–H groups in total. The van der Waals surface area contributed by atoms with Gasteiger partial charge in [0.1, 0.15) is 0 Å². The lowest BCUT2D eigenvalue weighted by atomic mass is 9.83. The van der Waals surface area contributed by atoms with Gasteiger partial charge in [0.2, 0.25) is 0 Å². The Kier molecular flexibility index (Phi) is 5.46. The van der Waals surface area contributed by atoms with Crippen LogP contribution in [0.25, 0.3) is 5.57 Å². The normalized spacial score (nSPS) is 11.9. The third-order valence-electron chi connectivity index (χ3n) is 4.38. The third kappa shape index (κ3) is 3.93. The monoisotopic (exact) mass is 425 g/mol. The Morgan fingerprint density at radius 2 is 1.67 bits per heavy atom. The molecule has 1 heterocycles. The van der Waals surface area contributed by atoms with Gasteiger partial charge in [-0.2, -0.15) is 0 Å². The van der Waals surface area contributed by atoms with Crippen LogP contribution in [0.2, 0.25) is 0 Å². The Morgan fingerprint density at radius 3 is 2.33 bits per heavy atom. The van der Waals surface area contributed by atoms with E-state index in [-0.39, 0.29) is 0 Å². The molecule has 0 aliphatic rings. The fraction of sp³-hybridized carbons (Fsp3) is 0.136. The molecule has 1 atom stereocenters. The van der Waals surface area contributed by atoms with Crippen LogP contribution in [-0.2, 0) is 0 Å². The van der Waals surface area contributed by atoms with E-state index in [1.807, 2.05) is 24.5 Å². The number of allylic oxidation sites excluding steroid dienone is 1. The lowest BCUT2D eigenvalue weighted by molar-refractivity contribution is 0.833. The Hall–Kier alpha value is -1.94. The molecule has 0 aliphatic heterocycles. The highest BCUT2D eigenvalue weighted by molar-refractivity contribution is 14.1. The molecule has 0 spiro atoms. The van der Waals surface area contributed by atoms with Crippen LogP contribution in [0.4, 0.5) is 0 Å². The summed E-state index contributed by atoms with van der Waals surface area (Å²) < 4.78 is 1.26. The molecule has 2 aromatic carbocycles. The maximum atomic E-state index is 4.33. The van der Waals surface area contributed by atoms with Crippen molar-refractivity contribution in [1.29, 1.82) is 0 Å². The zero-order chi connectivity index (χ0) is 16.9. The quantitative estimate of drug-likeness (QED) is 0.442. The second kappa shape index (κ2) is 7.75. The molecular weight excluding hydrogens is 405 g/mol. The van der Waals surface area contributed by atoms with Crippen LogP contribution in [0.15, 0.2) is 79.6 Å². The molecule has 0 saturated heterocycles. The summed E-state index contributed by atoms with van der Waals surface area (Å²) in [5.41, 5.74) is 6.33. The topological polar surface area (TPSA) is 12.9 Å². The van der Waals surface area contributed by atoms with Crippen LogP contribution < -0.4 is 0 Å². The number of aromatic nitrogens is 1. The first-order valence-corrected chi connectivity index (χ1v) is 9.12. The van der Waals surface area contributed by atoms with Crippen molar-refractivity contribution in [1.82, 2.24) is 4.98 Å². The standard InChI is InChI=1S/C22H20IN/c1-16-5-3-4-6-21(16)22(19-7-9-20(23)10-8-19)15-17(2)18-11-13-24-14-12-18/h3-14,22H,2,15H2,1H3. The van der Waals surface area contributed by atoms with Crippen molar-refractivity contribution >= 4 is 28.2 Å². The number of pyridine rings is 1. The van der Waals surface area contributed by atoms with Crippen LogP contribution in [-0.4, -0.2) is 4.98 Å². The van der Waals surface area contributed by atoms with Crippen molar-refractivity contribution in [3.05, 3.63) is 105 Å². The van der Waals surface area contributed by atoms with E-state index in [9.17, 15) is 0 Å². The van der Waals surface area contributed by atoms with Gasteiger partial charge in [-0.3, -0.25) is 4.98 Å². The molecular formula is C22H20IN. The van der Waals surface area contributed by atoms with Crippen LogP contribution in [0.5, 0.6) is 0 Å². The summed E-state index contributed by atoms with van der Waals surface area (Å²) in [5, 5.41) is 0. The maximum absolute atomic E-state index is 4.33. The molecule has 1 nitrogen and oxygen atoms in total. The average molecular weight is 425 g/mol. The number of aryl methyl sites for hydroxylation is 1. The molecule has 0 amide bonds. The summed E-state index contributed by atoms with van der Waals surface area (Å²) in [6.45, 7) is 6.52. The van der Waals surface area contributed by atoms with Gasteiger partial charge < -0.3 is 0 Å². The predicted molar refractivity (Wildman–Crippen MR) is 110 cm³/mol. The van der Waals surface area contributed by atoms with Gasteiger partial charge in [0.25, 0.3) is 0 Å². The van der Waals surface area contributed by atoms with Gasteiger partial charge in [0.05, 0.1) is 0 Å². The molecule has 0 bridgehead atoms. The summed E-state index contributed by atoms with van der Waals surface area (Å²) in [6.07, 6.45) is 4.55. The molecule has 3 aromatic rings. The van der Waals surface area contributed by atoms with E-state index < -0.39 is 0 Å². The van der Waals surface area contributed by atoms with Gasteiger partial charge >= 0.3 is 0 Å². The minimum Gasteiger partial charge on any atom is -0.265 e. The van der Waals surface area contributed by atoms with Gasteiger partial charge in [0.15, 0.2) is 0 Å². The molecule has 0 fully saturated rings. The van der Waals surface area contributed by atoms with Crippen molar-refractivity contribution in [2.45, 2.75) is 19.3 Å². The van der Waals surface area contributed by atoms with E-state index in [0.29, 0.717) is 5.92 Å². The van der Waals surface area contributed by atoms with Gasteiger partial charge in [-0.15, -0.1) is 0 Å². The highest BCUT2D eigenvalue weighted by Gasteiger charge is 2.18.